The fourth-order valence-corrected chi connectivity index (χ4v) is 22.0. The molecule has 9 aromatic heterocycles. The smallest absolute Gasteiger partial charge is 0.235 e. The van der Waals surface area contributed by atoms with E-state index in [9.17, 15) is 0 Å². The van der Waals surface area contributed by atoms with Gasteiger partial charge in [0.15, 0.2) is 5.82 Å². The van der Waals surface area contributed by atoms with Crippen LogP contribution in [-0.2, 0) is 0 Å². The molecule has 0 aliphatic heterocycles. The highest BCUT2D eigenvalue weighted by molar-refractivity contribution is 7.27. The molecule has 0 saturated heterocycles. The van der Waals surface area contributed by atoms with Crippen molar-refractivity contribution in [2.75, 3.05) is 0 Å². The first-order valence-electron chi connectivity index (χ1n) is 44.5. The number of hydrogen-bond acceptors (Lipinski definition) is 9. The van der Waals surface area contributed by atoms with Crippen LogP contribution >= 0.6 is 22.7 Å². The molecule has 0 aliphatic rings. The van der Waals surface area contributed by atoms with Gasteiger partial charge in [-0.15, -0.1) is 22.7 Å². The summed E-state index contributed by atoms with van der Waals surface area (Å²) < 4.78 is 60.7. The molecule has 0 fully saturated rings. The van der Waals surface area contributed by atoms with Crippen LogP contribution in [0, 0.1) is 0 Å². The summed E-state index contributed by atoms with van der Waals surface area (Å²) >= 11 is 3.77. The summed E-state index contributed by atoms with van der Waals surface area (Å²) in [6, 6.07) is 127. The zero-order valence-electron chi connectivity index (χ0n) is 72.0. The van der Waals surface area contributed by atoms with E-state index >= 15 is 0 Å². The van der Waals surface area contributed by atoms with Crippen molar-refractivity contribution in [1.82, 2.24) is 43.6 Å². The number of nitrogens with zero attached hydrogens (tertiary/aromatic N) is 9. The first kappa shape index (κ1) is 66.3. The second-order valence-electron chi connectivity index (χ2n) is 31.8. The van der Waals surface area contributed by atoms with E-state index in [-0.39, 0.29) is 23.3 Å². The average molecular weight is 1650 g/mol. The van der Waals surface area contributed by atoms with Crippen LogP contribution in [0.15, 0.2) is 411 Å². The molecule has 0 radical (unpaired) electrons. The molecule has 28 rings (SSSR count). The molecule has 10 nitrogen and oxygen atoms in total. The fraction of sp³-hybridized carbons (Fsp3) is 0. The Labute approximate surface area is 734 Å². The van der Waals surface area contributed by atoms with Crippen molar-refractivity contribution in [2.24, 2.45) is 0 Å². The van der Waals surface area contributed by atoms with E-state index in [0.717, 1.165) is 116 Å². The second kappa shape index (κ2) is 28.6. The molecule has 0 spiro atoms. The third-order valence-electron chi connectivity index (χ3n) is 24.9. The van der Waals surface area contributed by atoms with E-state index < -0.39 is 18.1 Å². The molecular weight excluding hydrogens is 1580 g/mol. The van der Waals surface area contributed by atoms with Gasteiger partial charge in [-0.05, 0) is 99.0 Å². The van der Waals surface area contributed by atoms with Gasteiger partial charge in [-0.1, -0.05) is 334 Å². The Morgan fingerprint density at radius 3 is 1.40 bits per heavy atom. The van der Waals surface area contributed by atoms with Gasteiger partial charge >= 0.3 is 0 Å². The minimum atomic E-state index is -0.448. The third-order valence-corrected chi connectivity index (χ3v) is 27.3. The van der Waals surface area contributed by atoms with Crippen molar-refractivity contribution in [2.45, 2.75) is 0 Å². The molecule has 0 atom stereocenters. The van der Waals surface area contributed by atoms with Crippen molar-refractivity contribution in [1.29, 1.82) is 0 Å². The number of rotatable bonds is 7. The summed E-state index contributed by atoms with van der Waals surface area (Å²) in [6.07, 6.45) is 2.02. The van der Waals surface area contributed by atoms with E-state index in [4.69, 9.17) is 41.2 Å². The minimum Gasteiger partial charge on any atom is -0.455 e. The van der Waals surface area contributed by atoms with E-state index in [0.29, 0.717) is 28.6 Å². The van der Waals surface area contributed by atoms with Crippen molar-refractivity contribution in [3.8, 4) is 62.7 Å². The highest BCUT2D eigenvalue weighted by Gasteiger charge is 2.29. The summed E-state index contributed by atoms with van der Waals surface area (Å²) in [4.78, 5) is 30.8. The number of furan rings is 1. The van der Waals surface area contributed by atoms with Gasteiger partial charge in [0.05, 0.1) is 85.3 Å². The lowest BCUT2D eigenvalue weighted by atomic mass is 9.98. The van der Waals surface area contributed by atoms with Crippen LogP contribution in [0.25, 0.3) is 255 Å². The summed E-state index contributed by atoms with van der Waals surface area (Å²) in [7, 11) is 0. The highest BCUT2D eigenvalue weighted by Crippen LogP contribution is 2.53. The predicted molar refractivity (Wildman–Crippen MR) is 529 cm³/mol. The van der Waals surface area contributed by atoms with Gasteiger partial charge in [-0.25, -0.2) is 29.9 Å². The van der Waals surface area contributed by atoms with Gasteiger partial charge in [0.25, 0.3) is 0 Å². The number of fused-ring (bicyclic) bond motifs is 32. The average Bonchev–Trinajstić information content (AvgIpc) is 1.53. The quantitative estimate of drug-likeness (QED) is 0.156. The Kier molecular flexibility index (Phi) is 15.1. The number of benzene rings is 19. The van der Waals surface area contributed by atoms with Crippen LogP contribution in [0.1, 0.15) is 6.85 Å². The van der Waals surface area contributed by atoms with Crippen LogP contribution < -0.4 is 0 Å². The molecule has 28 aromatic rings. The number of thiophene rings is 2. The predicted octanol–water partition coefficient (Wildman–Crippen LogP) is 30.9. The largest absolute Gasteiger partial charge is 0.455 e. The first-order valence-corrected chi connectivity index (χ1v) is 43.6. The fourth-order valence-electron chi connectivity index (χ4n) is 19.5. The number of para-hydroxylation sites is 4. The van der Waals surface area contributed by atoms with E-state index in [1.54, 1.807) is 0 Å². The monoisotopic (exact) mass is 1650 g/mol. The Morgan fingerprint density at radius 2 is 0.746 bits per heavy atom. The van der Waals surface area contributed by atoms with E-state index in [1.807, 2.05) is 118 Å². The highest BCUT2D eigenvalue weighted by atomic mass is 32.1. The van der Waals surface area contributed by atoms with Crippen molar-refractivity contribution >= 4 is 215 Å². The van der Waals surface area contributed by atoms with Crippen LogP contribution in [0.4, 0.5) is 0 Å². The molecule has 0 saturated carbocycles. The zero-order valence-corrected chi connectivity index (χ0v) is 68.7. The number of aromatic nitrogens is 9. The van der Waals surface area contributed by atoms with Crippen LogP contribution in [0.3, 0.4) is 0 Å². The molecule has 586 valence electrons. The maximum Gasteiger partial charge on any atom is 0.235 e. The SMILES string of the molecule is [2H]c1c([2H])c([2H])c(-c2nc(-n3c4cc5ccccc5cc4c4c5oc6ccccc6c5ccc43)nc3ccccc23)c([2H])c1[2H].c1ccc(-c2nc(-n3c4ccccc4c4c5sc6ccccc6c5c5ccccc5c43)nc3ccccc23)cc1.c1ccc(-c2ncc(-n3c4ccc5ccccc5c4c4c5sc6ccccc6c5c5ccccc5c43)c(-c3ccccc3)n2)cc1. The topological polar surface area (TPSA) is 105 Å². The Bertz CT molecular complexity index is 9700. The molecule has 0 amide bonds. The Morgan fingerprint density at radius 1 is 0.270 bits per heavy atom. The van der Waals surface area contributed by atoms with Crippen LogP contribution in [-0.4, -0.2) is 43.6 Å². The summed E-state index contributed by atoms with van der Waals surface area (Å²) in [6.45, 7) is 0. The first-order chi connectivity index (χ1) is 64.6. The molecule has 126 heavy (non-hydrogen) atoms. The van der Waals surface area contributed by atoms with E-state index in [2.05, 4.69) is 294 Å². The molecule has 0 unspecified atom stereocenters. The lowest BCUT2D eigenvalue weighted by Gasteiger charge is -2.15. The van der Waals surface area contributed by atoms with Gasteiger partial charge in [-0.3, -0.25) is 9.13 Å². The zero-order chi connectivity index (χ0) is 87.0. The molecular formula is C114H67N9OS2. The van der Waals surface area contributed by atoms with Crippen molar-refractivity contribution in [3.05, 3.63) is 406 Å². The molecule has 0 N–H and O–H groups in total. The lowest BCUT2D eigenvalue weighted by molar-refractivity contribution is 0.673. The van der Waals surface area contributed by atoms with Gasteiger partial charge in [-0.2, -0.15) is 0 Å². The summed E-state index contributed by atoms with van der Waals surface area (Å²) in [5.41, 5.74) is 15.6. The van der Waals surface area contributed by atoms with Crippen LogP contribution in [0.5, 0.6) is 0 Å². The Hall–Kier alpha value is -16.4. The van der Waals surface area contributed by atoms with Gasteiger partial charge in [0.1, 0.15) is 11.2 Å². The summed E-state index contributed by atoms with van der Waals surface area (Å²) in [5.74, 6) is 1.72. The normalized spacial score (nSPS) is 12.5. The molecule has 9 heterocycles. The standard InChI is InChI=1S/C42H25N3S.C36H21N3O.C36H21N3S/c1-3-14-27(15-4-1)39-34(25-43-42(44-39)28-16-5-2-6-17-28)45-33-24-23-26-13-7-8-18-29(26)37(33)38-40(45)31-20-10-9-19-30(31)36-32-21-11-12-22-35(32)46-41(36)38;1-2-10-22(11-3-1)34-27-15-6-8-16-29(27)37-36(38-34)39-30-19-18-26-25-14-7-9-17-32(25)40-35(26)33(30)28-20-23-12-4-5-13-24(23)21-31(28)39;1-2-12-22(13-3-1)33-25-16-6-9-19-28(25)37-36(38-33)39-29-20-10-7-17-26(29)32-34(39)24-15-5-4-14-23(24)31-27-18-8-11-21-30(27)40-35(31)32/h1-25H;2*1-21H/i;1D,2D,3D,10D,11D;. The number of hydrogen-bond donors (Lipinski definition) is 0. The third kappa shape index (κ3) is 11.1. The Balaban J connectivity index is 0.000000103. The van der Waals surface area contributed by atoms with Crippen molar-refractivity contribution in [3.63, 3.8) is 0 Å². The second-order valence-corrected chi connectivity index (χ2v) is 33.9. The van der Waals surface area contributed by atoms with E-state index in [1.165, 1.54) is 99.7 Å². The molecule has 12 heteroatoms. The minimum absolute atomic E-state index is 0.0340. The van der Waals surface area contributed by atoms with Crippen molar-refractivity contribution < 1.29 is 11.3 Å². The van der Waals surface area contributed by atoms with Crippen LogP contribution in [0.2, 0.25) is 0 Å². The molecule has 0 bridgehead atoms. The lowest BCUT2D eigenvalue weighted by Crippen LogP contribution is -2.03. The van der Waals surface area contributed by atoms with Gasteiger partial charge in [0.2, 0.25) is 11.9 Å². The summed E-state index contributed by atoms with van der Waals surface area (Å²) in [5, 5.41) is 25.4. The molecule has 19 aromatic carbocycles. The molecule has 0 aliphatic carbocycles. The van der Waals surface area contributed by atoms with Gasteiger partial charge in [0, 0.05) is 122 Å². The van der Waals surface area contributed by atoms with Gasteiger partial charge < -0.3 is 8.98 Å². The maximum absolute atomic E-state index is 8.74. The maximum atomic E-state index is 8.74.